The maximum absolute atomic E-state index is 8.45. The van der Waals surface area contributed by atoms with Crippen LogP contribution in [0.2, 0.25) is 0 Å². The molecule has 4 rings (SSSR count). The van der Waals surface area contributed by atoms with Gasteiger partial charge in [0.25, 0.3) is 0 Å². The standard InChI is InChI=1S/C30H38N5/c1-29(2)23-15-8-10-17-25(23)34(5)27(29)19-14-20-28-30(3,4)24-16-9-11-18-26(24)35(28)22-13-7-6-12-21-32-33-31/h8-11,14-20H,6-7,12-13,21-22H2,1-5H3/q+1. The molecule has 0 radical (unpaired) electrons. The molecule has 0 N–H and O–H groups in total. The molecule has 2 aromatic rings. The lowest BCUT2D eigenvalue weighted by Crippen LogP contribution is -2.28. The van der Waals surface area contributed by atoms with Crippen molar-refractivity contribution in [1.29, 1.82) is 0 Å². The summed E-state index contributed by atoms with van der Waals surface area (Å²) in [4.78, 5) is 5.17. The summed E-state index contributed by atoms with van der Waals surface area (Å²) in [7, 11) is 2.17. The van der Waals surface area contributed by atoms with Crippen LogP contribution in [-0.2, 0) is 10.8 Å². The van der Waals surface area contributed by atoms with Crippen molar-refractivity contribution in [2.45, 2.75) is 64.2 Å². The van der Waals surface area contributed by atoms with Gasteiger partial charge >= 0.3 is 0 Å². The van der Waals surface area contributed by atoms with Gasteiger partial charge < -0.3 is 4.90 Å². The van der Waals surface area contributed by atoms with Gasteiger partial charge in [0.15, 0.2) is 5.71 Å². The Hall–Kier alpha value is -3.30. The molecule has 0 fully saturated rings. The first-order valence-corrected chi connectivity index (χ1v) is 12.8. The van der Waals surface area contributed by atoms with Crippen LogP contribution in [0.1, 0.15) is 64.5 Å². The summed E-state index contributed by atoms with van der Waals surface area (Å²) in [6.45, 7) is 10.9. The van der Waals surface area contributed by atoms with E-state index >= 15 is 0 Å². The number of unbranched alkanes of at least 4 members (excludes halogenated alkanes) is 3. The topological polar surface area (TPSA) is 55.0 Å². The van der Waals surface area contributed by atoms with E-state index in [1.165, 1.54) is 33.9 Å². The van der Waals surface area contributed by atoms with Crippen LogP contribution in [0.4, 0.5) is 11.4 Å². The van der Waals surface area contributed by atoms with E-state index in [1.807, 2.05) is 0 Å². The monoisotopic (exact) mass is 468 g/mol. The molecule has 0 bridgehead atoms. The van der Waals surface area contributed by atoms with E-state index in [9.17, 15) is 0 Å². The Kier molecular flexibility index (Phi) is 7.18. The van der Waals surface area contributed by atoms with Gasteiger partial charge in [-0.15, -0.1) is 0 Å². The average Bonchev–Trinajstić information content (AvgIpc) is 3.18. The lowest BCUT2D eigenvalue weighted by molar-refractivity contribution is -0.438. The van der Waals surface area contributed by atoms with Crippen molar-refractivity contribution in [1.82, 2.24) is 0 Å². The van der Waals surface area contributed by atoms with Gasteiger partial charge in [-0.05, 0) is 49.9 Å². The van der Waals surface area contributed by atoms with Gasteiger partial charge in [0, 0.05) is 59.4 Å². The fraction of sp³-hybridized carbons (Fsp3) is 0.433. The number of anilines is 1. The van der Waals surface area contributed by atoms with Crippen LogP contribution in [-0.4, -0.2) is 30.4 Å². The molecular formula is C30H38N5+. The molecule has 2 aliphatic heterocycles. The van der Waals surface area contributed by atoms with Crippen molar-refractivity contribution >= 4 is 17.1 Å². The van der Waals surface area contributed by atoms with Crippen LogP contribution in [0.25, 0.3) is 10.4 Å². The minimum Gasteiger partial charge on any atom is -0.347 e. The first-order valence-electron chi connectivity index (χ1n) is 12.8. The van der Waals surface area contributed by atoms with Crippen LogP contribution in [0, 0.1) is 0 Å². The molecule has 35 heavy (non-hydrogen) atoms. The van der Waals surface area contributed by atoms with Crippen LogP contribution in [0.3, 0.4) is 0 Å². The summed E-state index contributed by atoms with van der Waals surface area (Å²) in [6.07, 6.45) is 11.2. The SMILES string of the molecule is CN1/C(=C\C=C\C2=[N+](CCCCCCN=[N+]=[N-])c3ccccc3C2(C)C)C(C)(C)c2ccccc21. The number of azide groups is 1. The van der Waals surface area contributed by atoms with Gasteiger partial charge in [-0.1, -0.05) is 67.9 Å². The molecule has 182 valence electrons. The van der Waals surface area contributed by atoms with Crippen LogP contribution in [0.15, 0.2) is 77.6 Å². The highest BCUT2D eigenvalue weighted by Gasteiger charge is 2.44. The van der Waals surface area contributed by atoms with Crippen molar-refractivity contribution in [2.75, 3.05) is 25.0 Å². The van der Waals surface area contributed by atoms with Crippen molar-refractivity contribution < 1.29 is 4.58 Å². The smallest absolute Gasteiger partial charge is 0.209 e. The van der Waals surface area contributed by atoms with Gasteiger partial charge in [0.05, 0.1) is 5.41 Å². The second-order valence-corrected chi connectivity index (χ2v) is 10.7. The molecule has 0 saturated heterocycles. The largest absolute Gasteiger partial charge is 0.347 e. The molecule has 5 heteroatoms. The maximum atomic E-state index is 8.45. The third kappa shape index (κ3) is 4.66. The van der Waals surface area contributed by atoms with Crippen LogP contribution in [0.5, 0.6) is 0 Å². The Balaban J connectivity index is 1.59. The predicted octanol–water partition coefficient (Wildman–Crippen LogP) is 7.80. The molecule has 2 aliphatic rings. The lowest BCUT2D eigenvalue weighted by atomic mass is 9.81. The molecule has 2 heterocycles. The lowest BCUT2D eigenvalue weighted by Gasteiger charge is -2.23. The molecule has 0 saturated carbocycles. The maximum Gasteiger partial charge on any atom is 0.209 e. The summed E-state index contributed by atoms with van der Waals surface area (Å²) < 4.78 is 2.51. The number of fused-ring (bicyclic) bond motifs is 2. The third-order valence-corrected chi connectivity index (χ3v) is 7.70. The summed E-state index contributed by atoms with van der Waals surface area (Å²) in [5, 5.41) is 3.65. The van der Waals surface area contributed by atoms with Gasteiger partial charge in [-0.25, -0.2) is 0 Å². The highest BCUT2D eigenvalue weighted by molar-refractivity contribution is 6.03. The third-order valence-electron chi connectivity index (χ3n) is 7.70. The van der Waals surface area contributed by atoms with Crippen molar-refractivity contribution in [3.05, 3.63) is 94.0 Å². The predicted molar refractivity (Wildman–Crippen MR) is 147 cm³/mol. The number of benzene rings is 2. The minimum atomic E-state index is -0.0484. The van der Waals surface area contributed by atoms with Gasteiger partial charge in [0.1, 0.15) is 6.54 Å². The number of allylic oxidation sites excluding steroid dienone is 4. The Morgan fingerprint density at radius 2 is 1.60 bits per heavy atom. The van der Waals surface area contributed by atoms with Gasteiger partial charge in [-0.2, -0.15) is 4.58 Å². The minimum absolute atomic E-state index is 0.0240. The zero-order valence-corrected chi connectivity index (χ0v) is 21.8. The van der Waals surface area contributed by atoms with Crippen LogP contribution >= 0.6 is 0 Å². The van der Waals surface area contributed by atoms with Crippen molar-refractivity contribution in [3.8, 4) is 0 Å². The van der Waals surface area contributed by atoms with E-state index in [4.69, 9.17) is 5.53 Å². The van der Waals surface area contributed by atoms with Crippen molar-refractivity contribution in [3.63, 3.8) is 0 Å². The Bertz CT molecular complexity index is 1220. The molecule has 0 aromatic heterocycles. The van der Waals surface area contributed by atoms with E-state index in [0.717, 1.165) is 32.2 Å². The summed E-state index contributed by atoms with van der Waals surface area (Å²) in [6, 6.07) is 17.5. The van der Waals surface area contributed by atoms with Crippen molar-refractivity contribution in [2.24, 2.45) is 5.11 Å². The molecule has 0 spiro atoms. The first-order chi connectivity index (χ1) is 16.8. The number of rotatable bonds is 9. The molecule has 0 aliphatic carbocycles. The zero-order valence-electron chi connectivity index (χ0n) is 21.8. The molecule has 2 aromatic carbocycles. The van der Waals surface area contributed by atoms with E-state index in [1.54, 1.807) is 0 Å². The molecule has 5 nitrogen and oxygen atoms in total. The summed E-state index contributed by atoms with van der Waals surface area (Å²) in [5.74, 6) is 0. The normalized spacial score (nSPS) is 18.8. The highest BCUT2D eigenvalue weighted by atomic mass is 15.2. The second kappa shape index (κ2) is 10.1. The number of likely N-dealkylation sites (N-methyl/N-ethyl adjacent to an activating group) is 1. The molecule has 0 unspecified atom stereocenters. The quantitative estimate of drug-likeness (QED) is 0.122. The number of para-hydroxylation sites is 2. The summed E-state index contributed by atoms with van der Waals surface area (Å²) in [5.41, 5.74) is 16.4. The second-order valence-electron chi connectivity index (χ2n) is 10.7. The summed E-state index contributed by atoms with van der Waals surface area (Å²) >= 11 is 0. The van der Waals surface area contributed by atoms with Gasteiger partial charge in [0.2, 0.25) is 5.69 Å². The molecule has 0 atom stereocenters. The number of hydrogen-bond acceptors (Lipinski definition) is 2. The van der Waals surface area contributed by atoms with E-state index in [-0.39, 0.29) is 10.8 Å². The Morgan fingerprint density at radius 1 is 0.914 bits per heavy atom. The Labute approximate surface area is 210 Å². The average molecular weight is 469 g/mol. The highest BCUT2D eigenvalue weighted by Crippen LogP contribution is 2.46. The number of hydrogen-bond donors (Lipinski definition) is 0. The fourth-order valence-electron chi connectivity index (χ4n) is 5.76. The number of nitrogens with zero attached hydrogens (tertiary/aromatic N) is 5. The van der Waals surface area contributed by atoms with E-state index < -0.39 is 0 Å². The molecular weight excluding hydrogens is 430 g/mol. The van der Waals surface area contributed by atoms with E-state index in [0.29, 0.717) is 6.54 Å². The zero-order chi connectivity index (χ0) is 25.1. The van der Waals surface area contributed by atoms with Crippen LogP contribution < -0.4 is 4.90 Å². The first kappa shape index (κ1) is 24.8. The Morgan fingerprint density at radius 3 is 2.34 bits per heavy atom. The van der Waals surface area contributed by atoms with Gasteiger partial charge in [-0.3, -0.25) is 0 Å². The molecule has 0 amide bonds. The fourth-order valence-corrected chi connectivity index (χ4v) is 5.76. The van der Waals surface area contributed by atoms with E-state index in [2.05, 4.69) is 121 Å².